The van der Waals surface area contributed by atoms with Crippen LogP contribution in [0.3, 0.4) is 0 Å². The summed E-state index contributed by atoms with van der Waals surface area (Å²) in [6.07, 6.45) is -2.58. The topological polar surface area (TPSA) is 29.1 Å². The fourth-order valence-electron chi connectivity index (χ4n) is 2.70. The van der Waals surface area contributed by atoms with E-state index in [9.17, 15) is 18.0 Å². The van der Waals surface area contributed by atoms with Gasteiger partial charge in [-0.2, -0.15) is 13.2 Å². The van der Waals surface area contributed by atoms with Gasteiger partial charge in [-0.25, -0.2) is 0 Å². The fraction of sp³-hybridized carbons (Fsp3) is 0.533. The molecule has 1 aliphatic carbocycles. The number of rotatable bonds is 2. The molecular weight excluding hydrogens is 347 g/mol. The summed E-state index contributed by atoms with van der Waals surface area (Å²) in [5.41, 5.74) is -0.791. The molecule has 1 aromatic rings. The molecule has 6 heteroatoms. The molecule has 21 heavy (non-hydrogen) atoms. The SMILES string of the molecule is CC1CCC(NC(=O)c2ccc(Br)c(C(F)(F)F)c2)C1C. The van der Waals surface area contributed by atoms with Gasteiger partial charge in [0.15, 0.2) is 0 Å². The Labute approximate surface area is 130 Å². The molecule has 116 valence electrons. The number of benzene rings is 1. The third-order valence-corrected chi connectivity index (χ3v) is 5.01. The highest BCUT2D eigenvalue weighted by Crippen LogP contribution is 2.35. The van der Waals surface area contributed by atoms with E-state index in [4.69, 9.17) is 0 Å². The summed E-state index contributed by atoms with van der Waals surface area (Å²) in [6, 6.07) is 3.59. The zero-order valence-corrected chi connectivity index (χ0v) is 13.4. The van der Waals surface area contributed by atoms with Crippen LogP contribution in [0.25, 0.3) is 0 Å². The summed E-state index contributed by atoms with van der Waals surface area (Å²) < 4.78 is 38.5. The first kappa shape index (κ1) is 16.3. The zero-order chi connectivity index (χ0) is 15.8. The maximum Gasteiger partial charge on any atom is 0.417 e. The van der Waals surface area contributed by atoms with Crippen molar-refractivity contribution in [2.45, 2.75) is 38.9 Å². The number of hydrogen-bond donors (Lipinski definition) is 1. The lowest BCUT2D eigenvalue weighted by Crippen LogP contribution is -2.37. The summed E-state index contributed by atoms with van der Waals surface area (Å²) in [5, 5.41) is 2.85. The molecule has 2 nitrogen and oxygen atoms in total. The van der Waals surface area contributed by atoms with E-state index < -0.39 is 17.6 Å². The first-order valence-corrected chi connectivity index (χ1v) is 7.67. The molecule has 0 saturated heterocycles. The average Bonchev–Trinajstić information content (AvgIpc) is 2.70. The lowest BCUT2D eigenvalue weighted by Gasteiger charge is -2.20. The number of alkyl halides is 3. The molecule has 1 N–H and O–H groups in total. The van der Waals surface area contributed by atoms with Crippen molar-refractivity contribution in [1.29, 1.82) is 0 Å². The summed E-state index contributed by atoms with van der Waals surface area (Å²) in [4.78, 5) is 12.1. The van der Waals surface area contributed by atoms with Gasteiger partial charge in [-0.3, -0.25) is 4.79 Å². The molecule has 0 heterocycles. The van der Waals surface area contributed by atoms with Crippen molar-refractivity contribution < 1.29 is 18.0 Å². The Morgan fingerprint density at radius 1 is 1.29 bits per heavy atom. The Bertz CT molecular complexity index is 544. The van der Waals surface area contributed by atoms with Crippen LogP contribution in [0.4, 0.5) is 13.2 Å². The second kappa shape index (κ2) is 5.99. The van der Waals surface area contributed by atoms with Crippen molar-refractivity contribution in [3.63, 3.8) is 0 Å². The third-order valence-electron chi connectivity index (χ3n) is 4.32. The Morgan fingerprint density at radius 3 is 2.48 bits per heavy atom. The average molecular weight is 364 g/mol. The minimum absolute atomic E-state index is 0.0329. The van der Waals surface area contributed by atoms with Gasteiger partial charge < -0.3 is 5.32 Å². The normalized spacial score (nSPS) is 25.9. The maximum atomic E-state index is 12.8. The highest BCUT2D eigenvalue weighted by Gasteiger charge is 2.34. The second-order valence-corrected chi connectivity index (χ2v) is 6.54. The van der Waals surface area contributed by atoms with Gasteiger partial charge in [-0.1, -0.05) is 29.8 Å². The van der Waals surface area contributed by atoms with E-state index in [-0.39, 0.29) is 16.1 Å². The molecule has 0 bridgehead atoms. The fourth-order valence-corrected chi connectivity index (χ4v) is 3.18. The van der Waals surface area contributed by atoms with Gasteiger partial charge in [0.2, 0.25) is 0 Å². The van der Waals surface area contributed by atoms with Crippen LogP contribution >= 0.6 is 15.9 Å². The maximum absolute atomic E-state index is 12.8. The molecule has 0 aliphatic heterocycles. The van der Waals surface area contributed by atoms with Crippen LogP contribution in [0.15, 0.2) is 22.7 Å². The number of carbonyl (C=O) groups excluding carboxylic acids is 1. The highest BCUT2D eigenvalue weighted by atomic mass is 79.9. The second-order valence-electron chi connectivity index (χ2n) is 5.69. The number of hydrogen-bond acceptors (Lipinski definition) is 1. The number of halogens is 4. The molecule has 0 aromatic heterocycles. The molecule has 3 atom stereocenters. The smallest absolute Gasteiger partial charge is 0.349 e. The molecular formula is C15H17BrF3NO. The van der Waals surface area contributed by atoms with E-state index in [0.717, 1.165) is 18.9 Å². The van der Waals surface area contributed by atoms with E-state index in [1.165, 1.54) is 12.1 Å². The van der Waals surface area contributed by atoms with Gasteiger partial charge in [-0.05, 0) is 42.9 Å². The van der Waals surface area contributed by atoms with Gasteiger partial charge >= 0.3 is 6.18 Å². The van der Waals surface area contributed by atoms with Crippen molar-refractivity contribution in [3.8, 4) is 0 Å². The van der Waals surface area contributed by atoms with E-state index >= 15 is 0 Å². The Morgan fingerprint density at radius 2 is 1.95 bits per heavy atom. The third kappa shape index (κ3) is 3.59. The zero-order valence-electron chi connectivity index (χ0n) is 11.8. The summed E-state index contributed by atoms with van der Waals surface area (Å²) in [6.45, 7) is 4.18. The van der Waals surface area contributed by atoms with E-state index in [1.54, 1.807) is 0 Å². The van der Waals surface area contributed by atoms with Crippen molar-refractivity contribution in [3.05, 3.63) is 33.8 Å². The van der Waals surface area contributed by atoms with E-state index in [0.29, 0.717) is 11.8 Å². The van der Waals surface area contributed by atoms with Crippen molar-refractivity contribution in [2.75, 3.05) is 0 Å². The van der Waals surface area contributed by atoms with Crippen molar-refractivity contribution >= 4 is 21.8 Å². The predicted octanol–water partition coefficient (Wildman–Crippen LogP) is 4.63. The Hall–Kier alpha value is -1.04. The van der Waals surface area contributed by atoms with Crippen LogP contribution in [-0.2, 0) is 6.18 Å². The standard InChI is InChI=1S/C15H17BrF3NO/c1-8-3-6-13(9(8)2)20-14(21)10-4-5-12(16)11(7-10)15(17,18)19/h4-5,7-9,13H,3,6H2,1-2H3,(H,20,21). The van der Waals surface area contributed by atoms with Crippen LogP contribution in [0, 0.1) is 11.8 Å². The first-order chi connectivity index (χ1) is 9.70. The van der Waals surface area contributed by atoms with Crippen LogP contribution in [0.1, 0.15) is 42.6 Å². The van der Waals surface area contributed by atoms with Gasteiger partial charge in [0.25, 0.3) is 5.91 Å². The number of nitrogens with one attached hydrogen (secondary N) is 1. The largest absolute Gasteiger partial charge is 0.417 e. The number of carbonyl (C=O) groups is 1. The van der Waals surface area contributed by atoms with Crippen LogP contribution in [0.5, 0.6) is 0 Å². The molecule has 1 aromatic carbocycles. The minimum atomic E-state index is -4.48. The summed E-state index contributed by atoms with van der Waals surface area (Å²) in [5.74, 6) is 0.413. The minimum Gasteiger partial charge on any atom is -0.349 e. The predicted molar refractivity (Wildman–Crippen MR) is 78.0 cm³/mol. The highest BCUT2D eigenvalue weighted by molar-refractivity contribution is 9.10. The lowest BCUT2D eigenvalue weighted by molar-refractivity contribution is -0.138. The van der Waals surface area contributed by atoms with Gasteiger partial charge in [0, 0.05) is 16.1 Å². The first-order valence-electron chi connectivity index (χ1n) is 6.87. The van der Waals surface area contributed by atoms with E-state index in [2.05, 4.69) is 35.1 Å². The van der Waals surface area contributed by atoms with Crippen LogP contribution in [0.2, 0.25) is 0 Å². The molecule has 0 spiro atoms. The molecule has 1 saturated carbocycles. The van der Waals surface area contributed by atoms with E-state index in [1.807, 2.05) is 0 Å². The lowest BCUT2D eigenvalue weighted by atomic mass is 9.97. The quantitative estimate of drug-likeness (QED) is 0.815. The molecule has 2 rings (SSSR count). The van der Waals surface area contributed by atoms with Gasteiger partial charge in [0.1, 0.15) is 0 Å². The van der Waals surface area contributed by atoms with Crippen LogP contribution < -0.4 is 5.32 Å². The molecule has 1 amide bonds. The molecule has 0 radical (unpaired) electrons. The number of amides is 1. The van der Waals surface area contributed by atoms with Crippen molar-refractivity contribution in [1.82, 2.24) is 5.32 Å². The van der Waals surface area contributed by atoms with Gasteiger partial charge in [-0.15, -0.1) is 0 Å². The van der Waals surface area contributed by atoms with Crippen molar-refractivity contribution in [2.24, 2.45) is 11.8 Å². The van der Waals surface area contributed by atoms with Gasteiger partial charge in [0.05, 0.1) is 5.56 Å². The molecule has 1 fully saturated rings. The Kier molecular flexibility index (Phi) is 4.66. The summed E-state index contributed by atoms with van der Waals surface area (Å²) in [7, 11) is 0. The Balaban J connectivity index is 2.17. The summed E-state index contributed by atoms with van der Waals surface area (Å²) >= 11 is 2.87. The molecule has 1 aliphatic rings. The monoisotopic (exact) mass is 363 g/mol. The van der Waals surface area contributed by atoms with Crippen LogP contribution in [-0.4, -0.2) is 11.9 Å². The molecule has 3 unspecified atom stereocenters.